The van der Waals surface area contributed by atoms with Gasteiger partial charge < -0.3 is 4.74 Å². The van der Waals surface area contributed by atoms with Crippen LogP contribution in [-0.2, 0) is 0 Å². The van der Waals surface area contributed by atoms with Gasteiger partial charge in [0.2, 0.25) is 0 Å². The molecule has 78 valence electrons. The largest absolute Gasteiger partial charge is 0.496 e. The zero-order valence-corrected chi connectivity index (χ0v) is 8.97. The molecule has 0 fully saturated rings. The number of para-hydroxylation sites is 1. The van der Waals surface area contributed by atoms with Gasteiger partial charge in [0.25, 0.3) is 0 Å². The summed E-state index contributed by atoms with van der Waals surface area (Å²) in [6, 6.07) is 11.5. The molecule has 0 spiro atoms. The molecule has 0 aliphatic rings. The fourth-order valence-electron chi connectivity index (χ4n) is 1.49. The van der Waals surface area contributed by atoms with E-state index in [1.165, 1.54) is 0 Å². The van der Waals surface area contributed by atoms with Gasteiger partial charge in [-0.05, 0) is 24.3 Å². The second-order valence-electron chi connectivity index (χ2n) is 3.28. The smallest absolute Gasteiger partial charge is 0.128 e. The molecule has 0 radical (unpaired) electrons. The number of terminal acetylenes is 1. The molecule has 2 heteroatoms. The van der Waals surface area contributed by atoms with Gasteiger partial charge in [0.15, 0.2) is 0 Å². The van der Waals surface area contributed by atoms with Crippen LogP contribution in [0.25, 0.3) is 11.3 Å². The van der Waals surface area contributed by atoms with E-state index in [4.69, 9.17) is 11.2 Å². The molecular formula is C14H11NO. The number of methoxy groups -OCH3 is 1. The van der Waals surface area contributed by atoms with Crippen molar-refractivity contribution in [3.63, 3.8) is 0 Å². The lowest BCUT2D eigenvalue weighted by Gasteiger charge is -2.07. The molecule has 0 aliphatic heterocycles. The standard InChI is InChI=1S/C14H11NO/c1-3-11-8-9-13(15-10-11)12-6-4-5-7-14(12)16-2/h1,4-10H,2H3. The SMILES string of the molecule is C#Cc1ccc(-c2ccccc2OC)nc1. The summed E-state index contributed by atoms with van der Waals surface area (Å²) in [5, 5.41) is 0. The van der Waals surface area contributed by atoms with Gasteiger partial charge in [0.1, 0.15) is 5.75 Å². The molecule has 0 atom stereocenters. The third-order valence-electron chi connectivity index (χ3n) is 2.31. The van der Waals surface area contributed by atoms with Crippen molar-refractivity contribution in [3.8, 4) is 29.4 Å². The lowest BCUT2D eigenvalue weighted by molar-refractivity contribution is 0.416. The van der Waals surface area contributed by atoms with Gasteiger partial charge in [0.05, 0.1) is 12.8 Å². The maximum atomic E-state index is 5.28. The quantitative estimate of drug-likeness (QED) is 0.709. The van der Waals surface area contributed by atoms with Gasteiger partial charge in [0, 0.05) is 17.3 Å². The van der Waals surface area contributed by atoms with Crippen molar-refractivity contribution >= 4 is 0 Å². The third kappa shape index (κ3) is 1.89. The summed E-state index contributed by atoms with van der Waals surface area (Å²) in [7, 11) is 1.65. The van der Waals surface area contributed by atoms with E-state index >= 15 is 0 Å². The van der Waals surface area contributed by atoms with Gasteiger partial charge in [-0.1, -0.05) is 18.1 Å². The van der Waals surface area contributed by atoms with Crippen LogP contribution in [-0.4, -0.2) is 12.1 Å². The van der Waals surface area contributed by atoms with E-state index in [0.717, 1.165) is 22.6 Å². The minimum absolute atomic E-state index is 0.777. The zero-order chi connectivity index (χ0) is 11.4. The minimum atomic E-state index is 0.777. The van der Waals surface area contributed by atoms with Crippen LogP contribution in [0.2, 0.25) is 0 Å². The zero-order valence-electron chi connectivity index (χ0n) is 8.97. The molecule has 2 aromatic rings. The van der Waals surface area contributed by atoms with Crippen LogP contribution in [0.5, 0.6) is 5.75 Å². The van der Waals surface area contributed by atoms with Crippen LogP contribution in [0.4, 0.5) is 0 Å². The first kappa shape index (κ1) is 10.3. The predicted octanol–water partition coefficient (Wildman–Crippen LogP) is 2.74. The van der Waals surface area contributed by atoms with E-state index in [9.17, 15) is 0 Å². The summed E-state index contributed by atoms with van der Waals surface area (Å²) in [4.78, 5) is 4.31. The Morgan fingerprint density at radius 1 is 1.19 bits per heavy atom. The van der Waals surface area contributed by atoms with Gasteiger partial charge in [-0.2, -0.15) is 0 Å². The molecule has 1 heterocycles. The molecule has 2 rings (SSSR count). The van der Waals surface area contributed by atoms with Gasteiger partial charge in [-0.3, -0.25) is 4.98 Å². The maximum Gasteiger partial charge on any atom is 0.128 e. The molecule has 16 heavy (non-hydrogen) atoms. The minimum Gasteiger partial charge on any atom is -0.496 e. The first-order valence-corrected chi connectivity index (χ1v) is 4.91. The highest BCUT2D eigenvalue weighted by Crippen LogP contribution is 2.27. The van der Waals surface area contributed by atoms with E-state index in [2.05, 4.69) is 10.9 Å². The molecule has 0 saturated heterocycles. The Morgan fingerprint density at radius 2 is 2.00 bits per heavy atom. The summed E-state index contributed by atoms with van der Waals surface area (Å²) in [5.74, 6) is 3.35. The van der Waals surface area contributed by atoms with Crippen molar-refractivity contribution in [2.45, 2.75) is 0 Å². The molecule has 0 aliphatic carbocycles. The molecule has 0 saturated carbocycles. The maximum absolute atomic E-state index is 5.28. The highest BCUT2D eigenvalue weighted by molar-refractivity contribution is 5.67. The van der Waals surface area contributed by atoms with Crippen molar-refractivity contribution in [2.24, 2.45) is 0 Å². The first-order chi connectivity index (χ1) is 7.85. The van der Waals surface area contributed by atoms with E-state index < -0.39 is 0 Å². The Kier molecular flexibility index (Phi) is 2.88. The number of benzene rings is 1. The van der Waals surface area contributed by atoms with Gasteiger partial charge >= 0.3 is 0 Å². The summed E-state index contributed by atoms with van der Waals surface area (Å²) in [5.41, 5.74) is 2.60. The lowest BCUT2D eigenvalue weighted by atomic mass is 10.1. The van der Waals surface area contributed by atoms with Crippen LogP contribution < -0.4 is 4.74 Å². The molecule has 0 unspecified atom stereocenters. The first-order valence-electron chi connectivity index (χ1n) is 4.91. The monoisotopic (exact) mass is 209 g/mol. The highest BCUT2D eigenvalue weighted by Gasteiger charge is 2.05. The number of pyridine rings is 1. The van der Waals surface area contributed by atoms with Crippen LogP contribution >= 0.6 is 0 Å². The second-order valence-corrected chi connectivity index (χ2v) is 3.28. The summed E-state index contributed by atoms with van der Waals surface area (Å²) in [6.45, 7) is 0. The average Bonchev–Trinajstić information content (AvgIpc) is 2.39. The molecule has 2 nitrogen and oxygen atoms in total. The Bertz CT molecular complexity index is 523. The fraction of sp³-hybridized carbons (Fsp3) is 0.0714. The van der Waals surface area contributed by atoms with Gasteiger partial charge in [-0.25, -0.2) is 0 Å². The van der Waals surface area contributed by atoms with E-state index in [1.54, 1.807) is 13.3 Å². The van der Waals surface area contributed by atoms with Crippen molar-refractivity contribution in [1.29, 1.82) is 0 Å². The predicted molar refractivity (Wildman–Crippen MR) is 64.2 cm³/mol. The van der Waals surface area contributed by atoms with Crippen LogP contribution in [0.15, 0.2) is 42.6 Å². The Hall–Kier alpha value is -2.27. The van der Waals surface area contributed by atoms with Crippen LogP contribution in [0, 0.1) is 12.3 Å². The second kappa shape index (κ2) is 4.50. The van der Waals surface area contributed by atoms with Crippen molar-refractivity contribution in [1.82, 2.24) is 4.98 Å². The molecular weight excluding hydrogens is 198 g/mol. The summed E-state index contributed by atoms with van der Waals surface area (Å²) >= 11 is 0. The van der Waals surface area contributed by atoms with Gasteiger partial charge in [-0.15, -0.1) is 6.42 Å². The fourth-order valence-corrected chi connectivity index (χ4v) is 1.49. The Morgan fingerprint density at radius 3 is 2.62 bits per heavy atom. The number of hydrogen-bond donors (Lipinski definition) is 0. The Balaban J connectivity index is 2.47. The highest BCUT2D eigenvalue weighted by atomic mass is 16.5. The van der Waals surface area contributed by atoms with Crippen molar-refractivity contribution < 1.29 is 4.74 Å². The number of rotatable bonds is 2. The van der Waals surface area contributed by atoms with Crippen LogP contribution in [0.3, 0.4) is 0 Å². The molecule has 0 N–H and O–H groups in total. The van der Waals surface area contributed by atoms with E-state index in [1.807, 2.05) is 36.4 Å². The molecule has 1 aromatic heterocycles. The third-order valence-corrected chi connectivity index (χ3v) is 2.31. The molecule has 1 aromatic carbocycles. The van der Waals surface area contributed by atoms with Crippen molar-refractivity contribution in [3.05, 3.63) is 48.2 Å². The summed E-state index contributed by atoms with van der Waals surface area (Å²) in [6.07, 6.45) is 6.96. The normalized spacial score (nSPS) is 9.50. The number of nitrogens with zero attached hydrogens (tertiary/aromatic N) is 1. The Labute approximate surface area is 94.9 Å². The number of aromatic nitrogens is 1. The summed E-state index contributed by atoms with van der Waals surface area (Å²) < 4.78 is 5.28. The van der Waals surface area contributed by atoms with E-state index in [0.29, 0.717) is 0 Å². The van der Waals surface area contributed by atoms with E-state index in [-0.39, 0.29) is 0 Å². The average molecular weight is 209 g/mol. The molecule has 0 bridgehead atoms. The molecule has 0 amide bonds. The number of ether oxygens (including phenoxy) is 1. The topological polar surface area (TPSA) is 22.1 Å². The number of hydrogen-bond acceptors (Lipinski definition) is 2. The lowest BCUT2D eigenvalue weighted by Crippen LogP contribution is -1.89. The van der Waals surface area contributed by atoms with Crippen LogP contribution in [0.1, 0.15) is 5.56 Å². The van der Waals surface area contributed by atoms with Crippen molar-refractivity contribution in [2.75, 3.05) is 7.11 Å².